The lowest BCUT2D eigenvalue weighted by molar-refractivity contribution is -0.122. The molecule has 0 aliphatic carbocycles. The van der Waals surface area contributed by atoms with Crippen LogP contribution in [0.4, 0.5) is 0 Å². The fourth-order valence-electron chi connectivity index (χ4n) is 1.28. The molecule has 0 saturated heterocycles. The van der Waals surface area contributed by atoms with E-state index in [0.29, 0.717) is 5.78 Å². The van der Waals surface area contributed by atoms with Crippen LogP contribution in [0.1, 0.15) is 39.5 Å². The van der Waals surface area contributed by atoms with Gasteiger partial charge in [0.2, 0.25) is 0 Å². The molecule has 0 saturated carbocycles. The molecule has 0 aromatic carbocycles. The normalized spacial score (nSPS) is 12.9. The minimum Gasteiger partial charge on any atom is -0.320 e. The number of ketones is 1. The van der Waals surface area contributed by atoms with Gasteiger partial charge in [0.1, 0.15) is 5.78 Å². The maximum Gasteiger partial charge on any atom is 0.135 e. The zero-order valence-corrected chi connectivity index (χ0v) is 8.52. The van der Waals surface area contributed by atoms with Crippen molar-refractivity contribution in [3.8, 4) is 0 Å². The molecule has 0 aliphatic heterocycles. The summed E-state index contributed by atoms with van der Waals surface area (Å²) in [6.45, 7) is 5.10. The number of Topliss-reactive ketones (excluding diaryl/α,β-unsaturated/α-hetero) is 1. The number of carbonyl (C=O) groups is 1. The second kappa shape index (κ2) is 7.29. The van der Waals surface area contributed by atoms with Crippen molar-refractivity contribution in [3.05, 3.63) is 0 Å². The molecule has 0 amide bonds. The summed E-state index contributed by atoms with van der Waals surface area (Å²) in [5.74, 6) is 0.693. The van der Waals surface area contributed by atoms with Gasteiger partial charge in [0.15, 0.2) is 0 Å². The Morgan fingerprint density at radius 1 is 1.50 bits per heavy atom. The molecule has 0 aliphatic rings. The highest BCUT2D eigenvalue weighted by molar-refractivity contribution is 5.80. The third kappa shape index (κ3) is 5.30. The maximum absolute atomic E-state index is 11.4. The van der Waals surface area contributed by atoms with E-state index >= 15 is 0 Å². The third-order valence-electron chi connectivity index (χ3n) is 2.12. The van der Waals surface area contributed by atoms with Crippen molar-refractivity contribution in [2.75, 3.05) is 13.6 Å². The largest absolute Gasteiger partial charge is 0.320 e. The van der Waals surface area contributed by atoms with Crippen LogP contribution in [0.25, 0.3) is 0 Å². The monoisotopic (exact) mass is 171 g/mol. The van der Waals surface area contributed by atoms with E-state index in [1.807, 2.05) is 14.0 Å². The Balaban J connectivity index is 3.43. The van der Waals surface area contributed by atoms with E-state index in [4.69, 9.17) is 0 Å². The van der Waals surface area contributed by atoms with Gasteiger partial charge in [-0.3, -0.25) is 4.79 Å². The lowest BCUT2D eigenvalue weighted by atomic mass is 9.98. The standard InChI is InChI=1S/C10H21NO/c1-4-6-9(2)10(12)7-5-8-11-3/h9,11H,4-8H2,1-3H3. The topological polar surface area (TPSA) is 29.1 Å². The first-order valence-corrected chi connectivity index (χ1v) is 4.89. The summed E-state index contributed by atoms with van der Waals surface area (Å²) in [5.41, 5.74) is 0. The third-order valence-corrected chi connectivity index (χ3v) is 2.12. The molecule has 1 N–H and O–H groups in total. The minimum atomic E-state index is 0.270. The quantitative estimate of drug-likeness (QED) is 0.593. The first-order chi connectivity index (χ1) is 5.72. The number of hydrogen-bond acceptors (Lipinski definition) is 2. The van der Waals surface area contributed by atoms with E-state index in [1.54, 1.807) is 0 Å². The van der Waals surface area contributed by atoms with Gasteiger partial charge in [-0.15, -0.1) is 0 Å². The van der Waals surface area contributed by atoms with Gasteiger partial charge >= 0.3 is 0 Å². The Bertz CT molecular complexity index is 123. The van der Waals surface area contributed by atoms with Crippen LogP contribution in [0.3, 0.4) is 0 Å². The van der Waals surface area contributed by atoms with Gasteiger partial charge in [0.05, 0.1) is 0 Å². The van der Waals surface area contributed by atoms with Crippen molar-refractivity contribution < 1.29 is 4.79 Å². The van der Waals surface area contributed by atoms with Crippen molar-refractivity contribution in [1.29, 1.82) is 0 Å². The summed E-state index contributed by atoms with van der Waals surface area (Å²) in [6.07, 6.45) is 3.86. The van der Waals surface area contributed by atoms with Crippen molar-refractivity contribution in [1.82, 2.24) is 5.32 Å². The van der Waals surface area contributed by atoms with Gasteiger partial charge in [0.25, 0.3) is 0 Å². The number of carbonyl (C=O) groups excluding carboxylic acids is 1. The van der Waals surface area contributed by atoms with Crippen molar-refractivity contribution >= 4 is 5.78 Å². The van der Waals surface area contributed by atoms with Crippen LogP contribution < -0.4 is 5.32 Å². The number of nitrogens with one attached hydrogen (secondary N) is 1. The molecule has 2 nitrogen and oxygen atoms in total. The van der Waals surface area contributed by atoms with Gasteiger partial charge in [-0.1, -0.05) is 20.3 Å². The SMILES string of the molecule is CCCC(C)C(=O)CCCNC. The molecule has 0 rings (SSSR count). The molecular formula is C10H21NO. The Morgan fingerprint density at radius 2 is 2.17 bits per heavy atom. The van der Waals surface area contributed by atoms with Crippen molar-refractivity contribution in [2.24, 2.45) is 5.92 Å². The molecule has 0 aromatic rings. The van der Waals surface area contributed by atoms with Crippen LogP contribution in [0.2, 0.25) is 0 Å². The van der Waals surface area contributed by atoms with Gasteiger partial charge in [-0.2, -0.15) is 0 Å². The van der Waals surface area contributed by atoms with E-state index < -0.39 is 0 Å². The summed E-state index contributed by atoms with van der Waals surface area (Å²) >= 11 is 0. The van der Waals surface area contributed by atoms with Crippen LogP contribution in [-0.4, -0.2) is 19.4 Å². The van der Waals surface area contributed by atoms with E-state index in [2.05, 4.69) is 12.2 Å². The Morgan fingerprint density at radius 3 is 2.67 bits per heavy atom. The Kier molecular flexibility index (Phi) is 7.06. The molecule has 0 aromatic heterocycles. The number of hydrogen-bond donors (Lipinski definition) is 1. The molecule has 0 spiro atoms. The zero-order chi connectivity index (χ0) is 9.40. The van der Waals surface area contributed by atoms with E-state index in [0.717, 1.165) is 32.2 Å². The molecule has 72 valence electrons. The summed E-state index contributed by atoms with van der Waals surface area (Å²) in [7, 11) is 1.92. The zero-order valence-electron chi connectivity index (χ0n) is 8.52. The molecule has 1 atom stereocenters. The highest BCUT2D eigenvalue weighted by atomic mass is 16.1. The summed E-state index contributed by atoms with van der Waals surface area (Å²) < 4.78 is 0. The van der Waals surface area contributed by atoms with Crippen molar-refractivity contribution in [3.63, 3.8) is 0 Å². The van der Waals surface area contributed by atoms with Crippen molar-refractivity contribution in [2.45, 2.75) is 39.5 Å². The molecule has 0 bridgehead atoms. The molecule has 12 heavy (non-hydrogen) atoms. The second-order valence-electron chi connectivity index (χ2n) is 3.36. The van der Waals surface area contributed by atoms with Crippen LogP contribution in [-0.2, 0) is 4.79 Å². The highest BCUT2D eigenvalue weighted by Crippen LogP contribution is 2.09. The lowest BCUT2D eigenvalue weighted by Crippen LogP contribution is -2.14. The lowest BCUT2D eigenvalue weighted by Gasteiger charge is -2.07. The maximum atomic E-state index is 11.4. The minimum absolute atomic E-state index is 0.270. The average Bonchev–Trinajstić information content (AvgIpc) is 2.05. The molecule has 2 heteroatoms. The summed E-state index contributed by atoms with van der Waals surface area (Å²) in [6, 6.07) is 0. The van der Waals surface area contributed by atoms with Crippen LogP contribution in [0, 0.1) is 5.92 Å². The van der Waals surface area contributed by atoms with Gasteiger partial charge in [-0.25, -0.2) is 0 Å². The van der Waals surface area contributed by atoms with Crippen LogP contribution in [0.5, 0.6) is 0 Å². The smallest absolute Gasteiger partial charge is 0.135 e. The molecule has 0 radical (unpaired) electrons. The van der Waals surface area contributed by atoms with E-state index in [1.165, 1.54) is 0 Å². The van der Waals surface area contributed by atoms with Crippen LogP contribution in [0.15, 0.2) is 0 Å². The molecular weight excluding hydrogens is 150 g/mol. The Labute approximate surface area is 75.7 Å². The molecule has 1 unspecified atom stereocenters. The summed E-state index contributed by atoms with van der Waals surface area (Å²) in [5, 5.41) is 3.04. The second-order valence-corrected chi connectivity index (χ2v) is 3.36. The average molecular weight is 171 g/mol. The fraction of sp³-hybridized carbons (Fsp3) is 0.900. The first-order valence-electron chi connectivity index (χ1n) is 4.89. The highest BCUT2D eigenvalue weighted by Gasteiger charge is 2.10. The van der Waals surface area contributed by atoms with Gasteiger partial charge in [0, 0.05) is 12.3 Å². The van der Waals surface area contributed by atoms with E-state index in [-0.39, 0.29) is 5.92 Å². The fourth-order valence-corrected chi connectivity index (χ4v) is 1.28. The summed E-state index contributed by atoms with van der Waals surface area (Å²) in [4.78, 5) is 11.4. The van der Waals surface area contributed by atoms with Crippen LogP contribution >= 0.6 is 0 Å². The predicted octanol–water partition coefficient (Wildman–Crippen LogP) is 1.99. The first kappa shape index (κ1) is 11.6. The molecule has 0 fully saturated rings. The van der Waals surface area contributed by atoms with Gasteiger partial charge in [-0.05, 0) is 26.4 Å². The number of rotatable bonds is 7. The van der Waals surface area contributed by atoms with E-state index in [9.17, 15) is 4.79 Å². The van der Waals surface area contributed by atoms with Gasteiger partial charge < -0.3 is 5.32 Å². The predicted molar refractivity (Wildman–Crippen MR) is 52.2 cm³/mol. The molecule has 0 heterocycles. The Hall–Kier alpha value is -0.370.